The van der Waals surface area contributed by atoms with Crippen LogP contribution in [0.5, 0.6) is 0 Å². The fraction of sp³-hybridized carbons (Fsp3) is 0.333. The molecule has 0 saturated carbocycles. The summed E-state index contributed by atoms with van der Waals surface area (Å²) in [7, 11) is 1.90. The Morgan fingerprint density at radius 2 is 2.28 bits per heavy atom. The van der Waals surface area contributed by atoms with Crippen LogP contribution in [-0.2, 0) is 7.05 Å². The molecule has 2 N–H and O–H groups in total. The predicted molar refractivity (Wildman–Crippen MR) is 70.1 cm³/mol. The van der Waals surface area contributed by atoms with Crippen LogP contribution in [0.1, 0.15) is 16.8 Å². The molecule has 0 atom stereocenters. The van der Waals surface area contributed by atoms with Crippen LogP contribution in [0.25, 0.3) is 11.0 Å². The Labute approximate surface area is 108 Å². The molecule has 0 amide bonds. The Hall–Kier alpha value is -1.53. The molecule has 0 saturated heterocycles. The fourth-order valence-electron chi connectivity index (χ4n) is 1.67. The largest absolute Gasteiger partial charge is 0.478 e. The monoisotopic (exact) mass is 266 g/mol. The molecule has 5 nitrogen and oxygen atoms in total. The summed E-state index contributed by atoms with van der Waals surface area (Å²) in [6.07, 6.45) is 0.717. The highest BCUT2D eigenvalue weighted by molar-refractivity contribution is 7.99. The van der Waals surface area contributed by atoms with Crippen molar-refractivity contribution in [3.8, 4) is 0 Å². The Bertz CT molecular complexity index is 580. The number of carbonyl (C=O) groups is 1. The van der Waals surface area contributed by atoms with E-state index >= 15 is 0 Å². The molecule has 0 radical (unpaired) electrons. The van der Waals surface area contributed by atoms with Gasteiger partial charge in [-0.3, -0.25) is 0 Å². The quantitative estimate of drug-likeness (QED) is 0.637. The van der Waals surface area contributed by atoms with Gasteiger partial charge in [-0.2, -0.15) is 0 Å². The SMILES string of the molecule is Cn1c(SCCCO)nc2cc(C(=O)O)ccc21. The molecule has 2 rings (SSSR count). The number of carboxylic acids is 1. The normalized spacial score (nSPS) is 11.0. The number of aryl methyl sites for hydroxylation is 1. The molecule has 1 heterocycles. The van der Waals surface area contributed by atoms with Crippen molar-refractivity contribution in [2.75, 3.05) is 12.4 Å². The molecular formula is C12H14N2O3S. The number of rotatable bonds is 5. The molecule has 0 aliphatic carbocycles. The third kappa shape index (κ3) is 2.49. The van der Waals surface area contributed by atoms with E-state index in [9.17, 15) is 4.79 Å². The van der Waals surface area contributed by atoms with Gasteiger partial charge in [-0.25, -0.2) is 9.78 Å². The lowest BCUT2D eigenvalue weighted by molar-refractivity contribution is 0.0697. The third-order valence-electron chi connectivity index (χ3n) is 2.62. The van der Waals surface area contributed by atoms with E-state index < -0.39 is 5.97 Å². The zero-order chi connectivity index (χ0) is 13.1. The lowest BCUT2D eigenvalue weighted by Crippen LogP contribution is -1.95. The van der Waals surface area contributed by atoms with E-state index in [1.807, 2.05) is 11.6 Å². The first-order chi connectivity index (χ1) is 8.63. The molecule has 0 spiro atoms. The molecular weight excluding hydrogens is 252 g/mol. The molecule has 0 fully saturated rings. The van der Waals surface area contributed by atoms with Crippen molar-refractivity contribution >= 4 is 28.8 Å². The second-order valence-electron chi connectivity index (χ2n) is 3.89. The predicted octanol–water partition coefficient (Wildman–Crippen LogP) is 1.75. The maximum absolute atomic E-state index is 10.9. The van der Waals surface area contributed by atoms with Gasteiger partial charge < -0.3 is 14.8 Å². The van der Waals surface area contributed by atoms with Gasteiger partial charge in [0.25, 0.3) is 0 Å². The zero-order valence-electron chi connectivity index (χ0n) is 9.96. The first kappa shape index (κ1) is 12.9. The number of nitrogens with zero attached hydrogens (tertiary/aromatic N) is 2. The highest BCUT2D eigenvalue weighted by Crippen LogP contribution is 2.24. The molecule has 18 heavy (non-hydrogen) atoms. The summed E-state index contributed by atoms with van der Waals surface area (Å²) in [5, 5.41) is 18.5. The smallest absolute Gasteiger partial charge is 0.335 e. The van der Waals surface area contributed by atoms with Crippen LogP contribution in [0.2, 0.25) is 0 Å². The summed E-state index contributed by atoms with van der Waals surface area (Å²) in [6, 6.07) is 4.92. The van der Waals surface area contributed by atoms with Gasteiger partial charge in [-0.1, -0.05) is 11.8 Å². The average molecular weight is 266 g/mol. The number of hydrogen-bond donors (Lipinski definition) is 2. The summed E-state index contributed by atoms with van der Waals surface area (Å²) >= 11 is 1.56. The average Bonchev–Trinajstić information content (AvgIpc) is 2.66. The number of carboxylic acid groups (broad SMARTS) is 1. The summed E-state index contributed by atoms with van der Waals surface area (Å²) in [4.78, 5) is 15.3. The highest BCUT2D eigenvalue weighted by atomic mass is 32.2. The lowest BCUT2D eigenvalue weighted by Gasteiger charge is -2.00. The van der Waals surface area contributed by atoms with Crippen LogP contribution in [0.4, 0.5) is 0 Å². The van der Waals surface area contributed by atoms with Crippen molar-refractivity contribution in [3.05, 3.63) is 23.8 Å². The summed E-state index contributed by atoms with van der Waals surface area (Å²) < 4.78 is 1.93. The second kappa shape index (κ2) is 5.41. The van der Waals surface area contributed by atoms with Crippen molar-refractivity contribution in [3.63, 3.8) is 0 Å². The van der Waals surface area contributed by atoms with Crippen molar-refractivity contribution in [1.82, 2.24) is 9.55 Å². The number of aliphatic hydroxyl groups excluding tert-OH is 1. The summed E-state index contributed by atoms with van der Waals surface area (Å²) in [5.41, 5.74) is 1.84. The van der Waals surface area contributed by atoms with Crippen LogP contribution < -0.4 is 0 Å². The van der Waals surface area contributed by atoms with E-state index in [0.717, 1.165) is 16.4 Å². The number of aromatic nitrogens is 2. The van der Waals surface area contributed by atoms with Crippen molar-refractivity contribution in [2.24, 2.45) is 7.05 Å². The number of thioether (sulfide) groups is 1. The van der Waals surface area contributed by atoms with Gasteiger partial charge in [0.1, 0.15) is 0 Å². The first-order valence-corrected chi connectivity index (χ1v) is 6.55. The van der Waals surface area contributed by atoms with Crippen LogP contribution in [0.3, 0.4) is 0 Å². The number of hydrogen-bond acceptors (Lipinski definition) is 4. The van der Waals surface area contributed by atoms with E-state index in [2.05, 4.69) is 4.98 Å². The topological polar surface area (TPSA) is 75.3 Å². The molecule has 0 aliphatic rings. The Balaban J connectivity index is 2.33. The van der Waals surface area contributed by atoms with Crippen LogP contribution in [0.15, 0.2) is 23.4 Å². The van der Waals surface area contributed by atoms with Crippen LogP contribution in [0, 0.1) is 0 Å². The van der Waals surface area contributed by atoms with Gasteiger partial charge >= 0.3 is 5.97 Å². The molecule has 2 aromatic rings. The van der Waals surface area contributed by atoms with E-state index in [0.29, 0.717) is 11.9 Å². The number of aromatic carboxylic acids is 1. The molecule has 6 heteroatoms. The van der Waals surface area contributed by atoms with Gasteiger partial charge in [0.05, 0.1) is 16.6 Å². The number of aliphatic hydroxyl groups is 1. The number of benzene rings is 1. The molecule has 96 valence electrons. The van der Waals surface area contributed by atoms with Crippen molar-refractivity contribution in [2.45, 2.75) is 11.6 Å². The molecule has 1 aromatic heterocycles. The number of fused-ring (bicyclic) bond motifs is 1. The van der Waals surface area contributed by atoms with E-state index in [-0.39, 0.29) is 12.2 Å². The van der Waals surface area contributed by atoms with Crippen LogP contribution >= 0.6 is 11.8 Å². The van der Waals surface area contributed by atoms with Gasteiger partial charge in [0, 0.05) is 19.4 Å². The zero-order valence-corrected chi connectivity index (χ0v) is 10.8. The standard InChI is InChI=1S/C12H14N2O3S/c1-14-10-4-3-8(11(16)17)7-9(10)13-12(14)18-6-2-5-15/h3-4,7,15H,2,5-6H2,1H3,(H,16,17). The molecule has 0 bridgehead atoms. The minimum Gasteiger partial charge on any atom is -0.478 e. The van der Waals surface area contributed by atoms with Crippen LogP contribution in [-0.4, -0.2) is 38.1 Å². The second-order valence-corrected chi connectivity index (χ2v) is 4.95. The lowest BCUT2D eigenvalue weighted by atomic mass is 10.2. The number of imidazole rings is 1. The summed E-state index contributed by atoms with van der Waals surface area (Å²) in [6.45, 7) is 0.167. The van der Waals surface area contributed by atoms with Gasteiger partial charge in [-0.15, -0.1) is 0 Å². The fourth-order valence-corrected chi connectivity index (χ4v) is 2.58. The summed E-state index contributed by atoms with van der Waals surface area (Å²) in [5.74, 6) is -0.156. The maximum Gasteiger partial charge on any atom is 0.335 e. The highest BCUT2D eigenvalue weighted by Gasteiger charge is 2.10. The first-order valence-electron chi connectivity index (χ1n) is 5.57. The minimum absolute atomic E-state index is 0.167. The van der Waals surface area contributed by atoms with E-state index in [4.69, 9.17) is 10.2 Å². The van der Waals surface area contributed by atoms with Gasteiger partial charge in [0.15, 0.2) is 5.16 Å². The Kier molecular flexibility index (Phi) is 3.88. The molecule has 1 aromatic carbocycles. The van der Waals surface area contributed by atoms with Crippen molar-refractivity contribution in [1.29, 1.82) is 0 Å². The van der Waals surface area contributed by atoms with E-state index in [1.54, 1.807) is 30.0 Å². The molecule has 0 aliphatic heterocycles. The Morgan fingerprint density at radius 3 is 2.94 bits per heavy atom. The van der Waals surface area contributed by atoms with Crippen molar-refractivity contribution < 1.29 is 15.0 Å². The Morgan fingerprint density at radius 1 is 1.50 bits per heavy atom. The third-order valence-corrected chi connectivity index (χ3v) is 3.74. The maximum atomic E-state index is 10.9. The minimum atomic E-state index is -0.947. The van der Waals surface area contributed by atoms with E-state index in [1.165, 1.54) is 0 Å². The molecule has 0 unspecified atom stereocenters. The van der Waals surface area contributed by atoms with Gasteiger partial charge in [0.2, 0.25) is 0 Å². The van der Waals surface area contributed by atoms with Gasteiger partial charge in [-0.05, 0) is 24.6 Å².